The van der Waals surface area contributed by atoms with Crippen LogP contribution in [0.4, 0.5) is 5.00 Å². The number of methoxy groups -OCH3 is 1. The van der Waals surface area contributed by atoms with Gasteiger partial charge in [0.15, 0.2) is 0 Å². The van der Waals surface area contributed by atoms with Crippen molar-refractivity contribution in [2.24, 2.45) is 0 Å². The molecule has 0 aliphatic rings. The molecule has 1 N–H and O–H groups in total. The highest BCUT2D eigenvalue weighted by molar-refractivity contribution is 7.21. The number of hydrogen-bond acceptors (Lipinski definition) is 5. The molecule has 0 atom stereocenters. The second-order valence-electron chi connectivity index (χ2n) is 7.71. The van der Waals surface area contributed by atoms with Gasteiger partial charge in [0.2, 0.25) is 0 Å². The maximum absolute atomic E-state index is 13.4. The van der Waals surface area contributed by atoms with Gasteiger partial charge in [-0.1, -0.05) is 61.4 Å². The zero-order valence-corrected chi connectivity index (χ0v) is 20.2. The molecule has 0 unspecified atom stereocenters. The van der Waals surface area contributed by atoms with Gasteiger partial charge in [0.25, 0.3) is 5.91 Å². The summed E-state index contributed by atoms with van der Waals surface area (Å²) in [6, 6.07) is 16.1. The lowest BCUT2D eigenvalue weighted by Crippen LogP contribution is -2.14. The molecule has 0 fully saturated rings. The number of nitrogens with one attached hydrogen (secondary N) is 1. The number of aryl methyl sites for hydroxylation is 3. The molecule has 6 heteroatoms. The Morgan fingerprint density at radius 3 is 2.41 bits per heavy atom. The van der Waals surface area contributed by atoms with Gasteiger partial charge < -0.3 is 10.1 Å². The van der Waals surface area contributed by atoms with Crippen LogP contribution >= 0.6 is 22.7 Å². The lowest BCUT2D eigenvalue weighted by atomic mass is 10.0. The third kappa shape index (κ3) is 4.08. The third-order valence-electron chi connectivity index (χ3n) is 5.45. The number of benzene rings is 2. The Labute approximate surface area is 195 Å². The average molecular weight is 464 g/mol. The fourth-order valence-electron chi connectivity index (χ4n) is 3.94. The van der Waals surface area contributed by atoms with Crippen LogP contribution in [0, 0.1) is 13.8 Å². The molecular formula is C26H25NO3S2. The molecule has 4 nitrogen and oxygen atoms in total. The van der Waals surface area contributed by atoms with E-state index in [1.165, 1.54) is 29.8 Å². The van der Waals surface area contributed by atoms with Crippen LogP contribution < -0.4 is 5.32 Å². The highest BCUT2D eigenvalue weighted by Crippen LogP contribution is 2.41. The SMILES string of the molecule is CCCc1c(C(=O)Nc2sc(C)c(-c3ccc(C)cc3)c2C(=O)OC)sc2ccccc12. The lowest BCUT2D eigenvalue weighted by Gasteiger charge is -2.09. The number of ether oxygens (including phenoxy) is 1. The van der Waals surface area contributed by atoms with E-state index in [9.17, 15) is 9.59 Å². The van der Waals surface area contributed by atoms with Crippen LogP contribution in [0.15, 0.2) is 48.5 Å². The molecule has 2 aromatic heterocycles. The quantitative estimate of drug-likeness (QED) is 0.307. The van der Waals surface area contributed by atoms with Crippen molar-refractivity contribution in [1.29, 1.82) is 0 Å². The topological polar surface area (TPSA) is 55.4 Å². The summed E-state index contributed by atoms with van der Waals surface area (Å²) in [5.74, 6) is -0.637. The number of rotatable bonds is 6. The molecule has 0 spiro atoms. The molecule has 0 radical (unpaired) electrons. The van der Waals surface area contributed by atoms with Crippen LogP contribution in [-0.4, -0.2) is 19.0 Å². The molecule has 164 valence electrons. The summed E-state index contributed by atoms with van der Waals surface area (Å²) >= 11 is 2.90. The van der Waals surface area contributed by atoms with E-state index < -0.39 is 5.97 Å². The Balaban J connectivity index is 1.78. The van der Waals surface area contributed by atoms with E-state index in [0.29, 0.717) is 15.4 Å². The molecule has 2 aromatic carbocycles. The van der Waals surface area contributed by atoms with Gasteiger partial charge >= 0.3 is 5.97 Å². The predicted molar refractivity (Wildman–Crippen MR) is 134 cm³/mol. The maximum atomic E-state index is 13.4. The predicted octanol–water partition coefficient (Wildman–Crippen LogP) is 7.24. The summed E-state index contributed by atoms with van der Waals surface area (Å²) < 4.78 is 6.19. The largest absolute Gasteiger partial charge is 0.465 e. The van der Waals surface area contributed by atoms with Crippen LogP contribution in [0.3, 0.4) is 0 Å². The fraction of sp³-hybridized carbons (Fsp3) is 0.231. The molecule has 0 saturated carbocycles. The van der Waals surface area contributed by atoms with Crippen LogP contribution in [0.25, 0.3) is 21.2 Å². The van der Waals surface area contributed by atoms with E-state index in [2.05, 4.69) is 18.3 Å². The van der Waals surface area contributed by atoms with E-state index in [0.717, 1.165) is 50.1 Å². The highest BCUT2D eigenvalue weighted by Gasteiger charge is 2.26. The minimum absolute atomic E-state index is 0.184. The Hall–Kier alpha value is -2.96. The molecule has 0 bridgehead atoms. The number of amides is 1. The number of esters is 1. The number of carbonyl (C=O) groups is 2. The van der Waals surface area contributed by atoms with Gasteiger partial charge in [-0.05, 0) is 42.8 Å². The smallest absolute Gasteiger partial charge is 0.341 e. The second kappa shape index (κ2) is 9.27. The number of fused-ring (bicyclic) bond motifs is 1. The van der Waals surface area contributed by atoms with Gasteiger partial charge in [0.05, 0.1) is 12.0 Å². The van der Waals surface area contributed by atoms with Crippen molar-refractivity contribution in [2.45, 2.75) is 33.6 Å². The van der Waals surface area contributed by atoms with E-state index in [1.54, 1.807) is 0 Å². The van der Waals surface area contributed by atoms with Crippen molar-refractivity contribution < 1.29 is 14.3 Å². The molecule has 4 rings (SSSR count). The molecule has 0 saturated heterocycles. The van der Waals surface area contributed by atoms with E-state index in [4.69, 9.17) is 4.74 Å². The number of hydrogen-bond donors (Lipinski definition) is 1. The average Bonchev–Trinajstić information content (AvgIpc) is 3.32. The van der Waals surface area contributed by atoms with E-state index in [-0.39, 0.29) is 5.91 Å². The first kappa shape index (κ1) is 22.2. The Bertz CT molecular complexity index is 1300. The molecular weight excluding hydrogens is 438 g/mol. The van der Waals surface area contributed by atoms with Crippen molar-refractivity contribution in [3.05, 3.63) is 75.0 Å². The Kier molecular flexibility index (Phi) is 6.44. The monoisotopic (exact) mass is 463 g/mol. The van der Waals surface area contributed by atoms with Crippen LogP contribution in [0.1, 0.15) is 49.4 Å². The molecule has 2 heterocycles. The molecule has 0 aliphatic carbocycles. The van der Waals surface area contributed by atoms with Crippen molar-refractivity contribution in [2.75, 3.05) is 12.4 Å². The first-order chi connectivity index (χ1) is 15.4. The minimum Gasteiger partial charge on any atom is -0.465 e. The van der Waals surface area contributed by atoms with Crippen molar-refractivity contribution in [1.82, 2.24) is 0 Å². The Morgan fingerprint density at radius 1 is 1.00 bits per heavy atom. The summed E-state index contributed by atoms with van der Waals surface area (Å²) in [6.07, 6.45) is 1.78. The van der Waals surface area contributed by atoms with Gasteiger partial charge in [0, 0.05) is 15.1 Å². The summed E-state index contributed by atoms with van der Waals surface area (Å²) in [6.45, 7) is 6.10. The number of thiophene rings is 2. The normalized spacial score (nSPS) is 11.0. The zero-order valence-electron chi connectivity index (χ0n) is 18.6. The van der Waals surface area contributed by atoms with Gasteiger partial charge in [-0.15, -0.1) is 22.7 Å². The summed E-state index contributed by atoms with van der Waals surface area (Å²) in [7, 11) is 1.37. The maximum Gasteiger partial charge on any atom is 0.341 e. The molecule has 0 aliphatic heterocycles. The van der Waals surface area contributed by atoms with Crippen molar-refractivity contribution in [3.63, 3.8) is 0 Å². The standard InChI is InChI=1S/C26H25NO3S2/c1-5-8-19-18-9-6-7-10-20(18)32-23(19)24(28)27-25-22(26(29)30-4)21(16(3)31-25)17-13-11-15(2)12-14-17/h6-7,9-14H,5,8H2,1-4H3,(H,27,28). The van der Waals surface area contributed by atoms with Gasteiger partial charge in [-0.25, -0.2) is 4.79 Å². The van der Waals surface area contributed by atoms with E-state index >= 15 is 0 Å². The number of anilines is 1. The van der Waals surface area contributed by atoms with E-state index in [1.807, 2.05) is 56.3 Å². The van der Waals surface area contributed by atoms with Crippen molar-refractivity contribution >= 4 is 49.6 Å². The highest BCUT2D eigenvalue weighted by atomic mass is 32.1. The fourth-order valence-corrected chi connectivity index (χ4v) is 6.14. The Morgan fingerprint density at radius 2 is 1.72 bits per heavy atom. The third-order valence-corrected chi connectivity index (χ3v) is 7.68. The van der Waals surface area contributed by atoms with Crippen molar-refractivity contribution in [3.8, 4) is 11.1 Å². The van der Waals surface area contributed by atoms with Crippen LogP contribution in [-0.2, 0) is 11.2 Å². The molecule has 1 amide bonds. The van der Waals surface area contributed by atoms with Gasteiger partial charge in [-0.2, -0.15) is 0 Å². The summed E-state index contributed by atoms with van der Waals surface area (Å²) in [5.41, 5.74) is 4.35. The lowest BCUT2D eigenvalue weighted by molar-refractivity contribution is 0.0603. The van der Waals surface area contributed by atoms with Crippen LogP contribution in [0.2, 0.25) is 0 Å². The first-order valence-corrected chi connectivity index (χ1v) is 12.2. The van der Waals surface area contributed by atoms with Crippen LogP contribution in [0.5, 0.6) is 0 Å². The summed E-state index contributed by atoms with van der Waals surface area (Å²) in [5, 5.41) is 4.68. The minimum atomic E-state index is -0.453. The van der Waals surface area contributed by atoms with Gasteiger partial charge in [-0.3, -0.25) is 4.79 Å². The molecule has 32 heavy (non-hydrogen) atoms. The number of carbonyl (C=O) groups excluding carboxylic acids is 2. The second-order valence-corrected chi connectivity index (χ2v) is 9.98. The molecule has 4 aromatic rings. The zero-order chi connectivity index (χ0) is 22.8. The first-order valence-electron chi connectivity index (χ1n) is 10.5. The summed E-state index contributed by atoms with van der Waals surface area (Å²) in [4.78, 5) is 27.8. The van der Waals surface area contributed by atoms with Gasteiger partial charge in [0.1, 0.15) is 10.6 Å².